The summed E-state index contributed by atoms with van der Waals surface area (Å²) in [5, 5.41) is 8.99. The Balaban J connectivity index is 2.83. The minimum absolute atomic E-state index is 0.290. The highest BCUT2D eigenvalue weighted by Crippen LogP contribution is 2.35. The van der Waals surface area contributed by atoms with E-state index in [2.05, 4.69) is 4.74 Å². The first-order valence-electron chi connectivity index (χ1n) is 4.76. The van der Waals surface area contributed by atoms with Crippen LogP contribution < -0.4 is 0 Å². The number of esters is 1. The quantitative estimate of drug-likeness (QED) is 0.747. The van der Waals surface area contributed by atoms with Crippen molar-refractivity contribution in [2.24, 2.45) is 5.92 Å². The predicted octanol–water partition coefficient (Wildman–Crippen LogP) is 1.66. The summed E-state index contributed by atoms with van der Waals surface area (Å²) in [5.41, 5.74) is 0.365. The average Bonchev–Trinajstić information content (AvgIpc) is 2.27. The lowest BCUT2D eigenvalue weighted by Crippen LogP contribution is -2.24. The van der Waals surface area contributed by atoms with Crippen LogP contribution in [0.5, 0.6) is 0 Å². The van der Waals surface area contributed by atoms with Crippen molar-refractivity contribution in [1.29, 1.82) is 0 Å². The van der Waals surface area contributed by atoms with Gasteiger partial charge in [-0.1, -0.05) is 6.92 Å². The van der Waals surface area contributed by atoms with Crippen molar-refractivity contribution in [3.63, 3.8) is 0 Å². The summed E-state index contributed by atoms with van der Waals surface area (Å²) in [7, 11) is 1.33. The van der Waals surface area contributed by atoms with Gasteiger partial charge in [0.1, 0.15) is 0 Å². The molecule has 0 saturated heterocycles. The molecule has 1 heterocycles. The number of carboxylic acids is 1. The van der Waals surface area contributed by atoms with Gasteiger partial charge in [0.2, 0.25) is 0 Å². The fraction of sp³-hybridized carbons (Fsp3) is 0.600. The Kier molecular flexibility index (Phi) is 4.20. The van der Waals surface area contributed by atoms with Crippen LogP contribution >= 0.6 is 11.8 Å². The Morgan fingerprint density at radius 2 is 2.27 bits per heavy atom. The fourth-order valence-electron chi connectivity index (χ4n) is 1.55. The monoisotopic (exact) mass is 230 g/mol. The molecule has 0 bridgehead atoms. The van der Waals surface area contributed by atoms with Crippen LogP contribution in [-0.4, -0.2) is 29.9 Å². The Hall–Kier alpha value is -0.970. The van der Waals surface area contributed by atoms with E-state index in [9.17, 15) is 9.59 Å². The lowest BCUT2D eigenvalue weighted by molar-refractivity contribution is -0.144. The third-order valence-electron chi connectivity index (χ3n) is 2.36. The second kappa shape index (κ2) is 5.21. The molecule has 0 spiro atoms. The Labute approximate surface area is 92.7 Å². The van der Waals surface area contributed by atoms with Crippen molar-refractivity contribution in [3.05, 3.63) is 10.5 Å². The lowest BCUT2D eigenvalue weighted by Gasteiger charge is -2.22. The minimum atomic E-state index is -0.923. The van der Waals surface area contributed by atoms with Crippen LogP contribution in [0, 0.1) is 5.92 Å². The van der Waals surface area contributed by atoms with Crippen LogP contribution in [-0.2, 0) is 14.3 Å². The van der Waals surface area contributed by atoms with Gasteiger partial charge >= 0.3 is 11.9 Å². The molecule has 1 N–H and O–H groups in total. The first-order valence-corrected chi connectivity index (χ1v) is 5.74. The topological polar surface area (TPSA) is 63.6 Å². The van der Waals surface area contributed by atoms with Crippen molar-refractivity contribution in [2.45, 2.75) is 19.8 Å². The second-order valence-corrected chi connectivity index (χ2v) is 4.41. The number of aliphatic carboxylic acids is 1. The van der Waals surface area contributed by atoms with E-state index in [-0.39, 0.29) is 18.3 Å². The summed E-state index contributed by atoms with van der Waals surface area (Å²) in [5.74, 6) is -0.946. The maximum atomic E-state index is 11.3. The molecule has 0 aromatic heterocycles. The maximum Gasteiger partial charge on any atom is 0.332 e. The number of ether oxygens (including phenoxy) is 1. The molecule has 1 atom stereocenters. The number of hydrogen-bond donors (Lipinski definition) is 1. The molecule has 0 unspecified atom stereocenters. The summed E-state index contributed by atoms with van der Waals surface area (Å²) in [6.45, 7) is 1.92. The molecule has 1 rings (SSSR count). The zero-order chi connectivity index (χ0) is 11.4. The number of methoxy groups -OCH3 is 1. The van der Waals surface area contributed by atoms with Crippen LogP contribution in [0.1, 0.15) is 19.8 Å². The number of carboxylic acid groups (broad SMARTS) is 1. The van der Waals surface area contributed by atoms with E-state index in [1.165, 1.54) is 18.9 Å². The smallest absolute Gasteiger partial charge is 0.332 e. The number of allylic oxidation sites excluding steroid dienone is 1. The molecule has 5 heteroatoms. The van der Waals surface area contributed by atoms with Gasteiger partial charge in [0, 0.05) is 11.3 Å². The van der Waals surface area contributed by atoms with Crippen molar-refractivity contribution in [1.82, 2.24) is 0 Å². The van der Waals surface area contributed by atoms with Gasteiger partial charge in [-0.2, -0.15) is 0 Å². The van der Waals surface area contributed by atoms with E-state index in [1.54, 1.807) is 0 Å². The summed E-state index contributed by atoms with van der Waals surface area (Å²) < 4.78 is 4.62. The predicted molar refractivity (Wildman–Crippen MR) is 57.5 cm³/mol. The van der Waals surface area contributed by atoms with Crippen LogP contribution in [0.15, 0.2) is 10.5 Å². The van der Waals surface area contributed by atoms with Crippen LogP contribution in [0.4, 0.5) is 0 Å². The molecule has 0 fully saturated rings. The molecule has 0 amide bonds. The fourth-order valence-corrected chi connectivity index (χ4v) is 2.75. The van der Waals surface area contributed by atoms with Gasteiger partial charge in [-0.15, -0.1) is 11.8 Å². The zero-order valence-corrected chi connectivity index (χ0v) is 9.60. The number of carbonyl (C=O) groups excluding carboxylic acids is 1. The number of rotatable bonds is 3. The van der Waals surface area contributed by atoms with Gasteiger partial charge in [-0.05, 0) is 17.7 Å². The molecule has 1 aliphatic rings. The van der Waals surface area contributed by atoms with Crippen molar-refractivity contribution < 1.29 is 19.4 Å². The zero-order valence-electron chi connectivity index (χ0n) is 8.78. The molecule has 0 aromatic carbocycles. The van der Waals surface area contributed by atoms with Gasteiger partial charge in [0.25, 0.3) is 0 Å². The van der Waals surface area contributed by atoms with E-state index < -0.39 is 5.97 Å². The maximum absolute atomic E-state index is 11.3. The Morgan fingerprint density at radius 1 is 1.60 bits per heavy atom. The normalized spacial score (nSPS) is 21.3. The molecule has 84 valence electrons. The average molecular weight is 230 g/mol. The van der Waals surface area contributed by atoms with Crippen molar-refractivity contribution in [2.75, 3.05) is 12.9 Å². The van der Waals surface area contributed by atoms with Gasteiger partial charge in [0.15, 0.2) is 0 Å². The summed E-state index contributed by atoms with van der Waals surface area (Å²) in [6, 6.07) is 0. The van der Waals surface area contributed by atoms with Crippen LogP contribution in [0.25, 0.3) is 0 Å². The second-order valence-electron chi connectivity index (χ2n) is 3.30. The third-order valence-corrected chi connectivity index (χ3v) is 3.81. The number of hydrogen-bond acceptors (Lipinski definition) is 4. The van der Waals surface area contributed by atoms with E-state index in [0.717, 1.165) is 4.91 Å². The van der Waals surface area contributed by atoms with Crippen molar-refractivity contribution in [3.8, 4) is 0 Å². The van der Waals surface area contributed by atoms with Gasteiger partial charge in [-0.25, -0.2) is 4.79 Å². The molecule has 0 aliphatic carbocycles. The SMILES string of the molecule is CCC1=C(C(=O)O)C[C@H](C(=O)OC)CS1. The number of carbonyl (C=O) groups is 2. The Bertz CT molecular complexity index is 309. The lowest BCUT2D eigenvalue weighted by atomic mass is 9.99. The molecular weight excluding hydrogens is 216 g/mol. The molecule has 0 saturated carbocycles. The standard InChI is InChI=1S/C10H14O4S/c1-3-8-7(9(11)12)4-6(5-15-8)10(13)14-2/h6H,3-5H2,1-2H3,(H,11,12)/t6-/m0/s1. The van der Waals surface area contributed by atoms with E-state index in [0.29, 0.717) is 17.7 Å². The van der Waals surface area contributed by atoms with Crippen molar-refractivity contribution >= 4 is 23.7 Å². The molecular formula is C10H14O4S. The molecule has 15 heavy (non-hydrogen) atoms. The summed E-state index contributed by atoms with van der Waals surface area (Å²) >= 11 is 1.45. The molecule has 4 nitrogen and oxygen atoms in total. The van der Waals surface area contributed by atoms with Gasteiger partial charge < -0.3 is 9.84 Å². The first-order chi connectivity index (χ1) is 7.10. The Morgan fingerprint density at radius 3 is 2.73 bits per heavy atom. The number of thioether (sulfide) groups is 1. The van der Waals surface area contributed by atoms with Gasteiger partial charge in [-0.3, -0.25) is 4.79 Å². The highest BCUT2D eigenvalue weighted by Gasteiger charge is 2.29. The van der Waals surface area contributed by atoms with Crippen LogP contribution in [0.3, 0.4) is 0 Å². The van der Waals surface area contributed by atoms with E-state index in [4.69, 9.17) is 5.11 Å². The highest BCUT2D eigenvalue weighted by atomic mass is 32.2. The van der Waals surface area contributed by atoms with E-state index >= 15 is 0 Å². The van der Waals surface area contributed by atoms with E-state index in [1.807, 2.05) is 6.92 Å². The highest BCUT2D eigenvalue weighted by molar-refractivity contribution is 8.03. The first kappa shape index (κ1) is 12.1. The van der Waals surface area contributed by atoms with Gasteiger partial charge in [0.05, 0.1) is 13.0 Å². The minimum Gasteiger partial charge on any atom is -0.478 e. The largest absolute Gasteiger partial charge is 0.478 e. The van der Waals surface area contributed by atoms with Crippen LogP contribution in [0.2, 0.25) is 0 Å². The molecule has 1 aliphatic heterocycles. The summed E-state index contributed by atoms with van der Waals surface area (Å²) in [6.07, 6.45) is 0.998. The molecule has 0 radical (unpaired) electrons. The third kappa shape index (κ3) is 2.75. The molecule has 0 aromatic rings. The summed E-state index contributed by atoms with van der Waals surface area (Å²) in [4.78, 5) is 23.1.